The number of oxime groups is 1. The van der Waals surface area contributed by atoms with E-state index in [0.29, 0.717) is 0 Å². The molecule has 0 saturated carbocycles. The first-order valence-corrected chi connectivity index (χ1v) is 4.02. The van der Waals surface area contributed by atoms with Crippen molar-refractivity contribution in [3.63, 3.8) is 0 Å². The van der Waals surface area contributed by atoms with Crippen LogP contribution in [0.1, 0.15) is 5.69 Å². The van der Waals surface area contributed by atoms with Crippen molar-refractivity contribution in [3.05, 3.63) is 24.0 Å². The lowest BCUT2D eigenvalue weighted by Gasteiger charge is -1.99. The molecule has 0 spiro atoms. The fraction of sp³-hybridized carbons (Fsp3) is 0.143. The first-order valence-electron chi connectivity index (χ1n) is 3.61. The van der Waals surface area contributed by atoms with Crippen LogP contribution in [0.5, 0.6) is 0 Å². The van der Waals surface area contributed by atoms with Gasteiger partial charge in [-0.05, 0) is 24.4 Å². The van der Waals surface area contributed by atoms with Crippen molar-refractivity contribution in [1.82, 2.24) is 10.3 Å². The lowest BCUT2D eigenvalue weighted by atomic mass is 10.5. The summed E-state index contributed by atoms with van der Waals surface area (Å²) in [6, 6.07) is 3.74. The van der Waals surface area contributed by atoms with Crippen molar-refractivity contribution in [2.75, 3.05) is 6.73 Å². The Morgan fingerprint density at radius 1 is 1.85 bits per heavy atom. The van der Waals surface area contributed by atoms with Gasteiger partial charge < -0.3 is 20.9 Å². The molecule has 4 N–H and O–H groups in total. The van der Waals surface area contributed by atoms with E-state index < -0.39 is 0 Å². The smallest absolute Gasteiger partial charge is 0.189 e. The van der Waals surface area contributed by atoms with E-state index >= 15 is 0 Å². The van der Waals surface area contributed by atoms with E-state index in [1.54, 1.807) is 12.4 Å². The quantitative estimate of drug-likeness (QED) is 0.212. The average molecular weight is 198 g/mol. The van der Waals surface area contributed by atoms with E-state index in [1.165, 1.54) is 0 Å². The van der Waals surface area contributed by atoms with Gasteiger partial charge in [0.05, 0.1) is 11.9 Å². The molecule has 1 rings (SSSR count). The summed E-state index contributed by atoms with van der Waals surface area (Å²) in [7, 11) is 0. The van der Waals surface area contributed by atoms with Crippen molar-refractivity contribution in [2.24, 2.45) is 10.9 Å². The summed E-state index contributed by atoms with van der Waals surface area (Å²) in [5.41, 5.74) is 6.02. The molecule has 1 aromatic rings. The molecule has 0 aliphatic rings. The second kappa shape index (κ2) is 5.15. The van der Waals surface area contributed by atoms with Crippen LogP contribution in [0.15, 0.2) is 23.5 Å². The summed E-state index contributed by atoms with van der Waals surface area (Å²) in [6.07, 6.45) is 3.36. The number of nitrogens with two attached hydrogens (primary N) is 1. The highest BCUT2D eigenvalue weighted by Gasteiger charge is 1.86. The molecule has 0 aliphatic heterocycles. The van der Waals surface area contributed by atoms with Crippen molar-refractivity contribution in [2.45, 2.75) is 0 Å². The van der Waals surface area contributed by atoms with Gasteiger partial charge in [0.25, 0.3) is 0 Å². The Morgan fingerprint density at radius 2 is 2.69 bits per heavy atom. The van der Waals surface area contributed by atoms with Crippen molar-refractivity contribution < 1.29 is 4.84 Å². The fourth-order valence-electron chi connectivity index (χ4n) is 0.659. The molecule has 0 atom stereocenters. The van der Waals surface area contributed by atoms with Crippen LogP contribution in [0.25, 0.3) is 0 Å². The lowest BCUT2D eigenvalue weighted by molar-refractivity contribution is 0.140. The normalized spacial score (nSPS) is 10.2. The summed E-state index contributed by atoms with van der Waals surface area (Å²) in [5.74, 6) is 0. The highest BCUT2D eigenvalue weighted by atomic mass is 32.1. The predicted octanol–water partition coefficient (Wildman–Crippen LogP) is 0.156. The molecule has 0 radical (unpaired) electrons. The molecule has 70 valence electrons. The number of thiocarbonyl (C=S) groups is 1. The number of nitrogens with zero attached hydrogens (tertiary/aromatic N) is 1. The van der Waals surface area contributed by atoms with E-state index in [-0.39, 0.29) is 11.8 Å². The highest BCUT2D eigenvalue weighted by Crippen LogP contribution is 1.88. The Labute approximate surface area is 80.9 Å². The van der Waals surface area contributed by atoms with E-state index in [9.17, 15) is 0 Å². The number of aromatic amines is 1. The number of hydrogen-bond donors (Lipinski definition) is 3. The molecule has 13 heavy (non-hydrogen) atoms. The SMILES string of the molecule is NC(=S)NCO/N=C/c1ccc[nH]1. The van der Waals surface area contributed by atoms with Gasteiger partial charge in [0.2, 0.25) is 0 Å². The monoisotopic (exact) mass is 198 g/mol. The Bertz CT molecular complexity index is 283. The van der Waals surface area contributed by atoms with Gasteiger partial charge in [-0.2, -0.15) is 0 Å². The van der Waals surface area contributed by atoms with Gasteiger partial charge >= 0.3 is 0 Å². The van der Waals surface area contributed by atoms with E-state index in [1.807, 2.05) is 12.1 Å². The third kappa shape index (κ3) is 4.12. The van der Waals surface area contributed by atoms with Crippen LogP contribution < -0.4 is 11.1 Å². The fourth-order valence-corrected chi connectivity index (χ4v) is 0.718. The summed E-state index contributed by atoms with van der Waals surface area (Å²) >= 11 is 4.55. The van der Waals surface area contributed by atoms with Crippen LogP contribution in [0.3, 0.4) is 0 Å². The molecule has 1 aromatic heterocycles. The summed E-state index contributed by atoms with van der Waals surface area (Å²) in [5, 5.41) is 6.43. The minimum Gasteiger partial charge on any atom is -0.376 e. The second-order valence-corrected chi connectivity index (χ2v) is 2.61. The zero-order valence-electron chi connectivity index (χ0n) is 6.86. The van der Waals surface area contributed by atoms with Crippen LogP contribution in [0.2, 0.25) is 0 Å². The first-order chi connectivity index (χ1) is 6.29. The number of aromatic nitrogens is 1. The third-order valence-electron chi connectivity index (χ3n) is 1.20. The predicted molar refractivity (Wildman–Crippen MR) is 54.3 cm³/mol. The molecule has 6 heteroatoms. The Balaban J connectivity index is 2.16. The van der Waals surface area contributed by atoms with Crippen LogP contribution in [0, 0.1) is 0 Å². The summed E-state index contributed by atoms with van der Waals surface area (Å²) in [4.78, 5) is 7.73. The maximum Gasteiger partial charge on any atom is 0.189 e. The molecule has 0 bridgehead atoms. The molecule has 0 unspecified atom stereocenters. The summed E-state index contributed by atoms with van der Waals surface area (Å²) < 4.78 is 0. The topological polar surface area (TPSA) is 75.4 Å². The molecule has 1 heterocycles. The average Bonchev–Trinajstić information content (AvgIpc) is 2.55. The number of nitrogens with one attached hydrogen (secondary N) is 2. The largest absolute Gasteiger partial charge is 0.376 e. The maximum atomic E-state index is 5.15. The van der Waals surface area contributed by atoms with Gasteiger partial charge in [0.1, 0.15) is 0 Å². The van der Waals surface area contributed by atoms with Crippen LogP contribution in [-0.2, 0) is 4.84 Å². The van der Waals surface area contributed by atoms with E-state index in [0.717, 1.165) is 5.69 Å². The van der Waals surface area contributed by atoms with Gasteiger partial charge in [-0.15, -0.1) is 0 Å². The van der Waals surface area contributed by atoms with E-state index in [4.69, 9.17) is 10.6 Å². The maximum absolute atomic E-state index is 5.15. The van der Waals surface area contributed by atoms with Crippen LogP contribution >= 0.6 is 12.2 Å². The molecular weight excluding hydrogens is 188 g/mol. The van der Waals surface area contributed by atoms with Crippen LogP contribution in [-0.4, -0.2) is 23.0 Å². The summed E-state index contributed by atoms with van der Waals surface area (Å²) in [6.45, 7) is 0.173. The zero-order valence-corrected chi connectivity index (χ0v) is 7.67. The molecule has 0 aromatic carbocycles. The minimum absolute atomic E-state index is 0.173. The highest BCUT2D eigenvalue weighted by molar-refractivity contribution is 7.80. The molecule has 0 amide bonds. The zero-order chi connectivity index (χ0) is 9.52. The first kappa shape index (κ1) is 9.53. The molecule has 0 saturated heterocycles. The van der Waals surface area contributed by atoms with Crippen molar-refractivity contribution in [1.29, 1.82) is 0 Å². The number of hydrogen-bond acceptors (Lipinski definition) is 3. The van der Waals surface area contributed by atoms with Gasteiger partial charge in [0, 0.05) is 6.20 Å². The second-order valence-electron chi connectivity index (χ2n) is 2.17. The van der Waals surface area contributed by atoms with Crippen LogP contribution in [0.4, 0.5) is 0 Å². The van der Waals surface area contributed by atoms with Gasteiger partial charge in [0.15, 0.2) is 11.8 Å². The van der Waals surface area contributed by atoms with Gasteiger partial charge in [-0.1, -0.05) is 5.16 Å². The Hall–Kier alpha value is -1.56. The molecule has 0 fully saturated rings. The van der Waals surface area contributed by atoms with E-state index in [2.05, 4.69) is 27.7 Å². The van der Waals surface area contributed by atoms with Crippen molar-refractivity contribution >= 4 is 23.5 Å². The molecule has 5 nitrogen and oxygen atoms in total. The number of rotatable bonds is 4. The number of H-pyrrole nitrogens is 1. The third-order valence-corrected chi connectivity index (χ3v) is 1.34. The standard InChI is InChI=1S/C7H10N4OS/c8-7(13)10-5-12-11-4-6-2-1-3-9-6/h1-4,9H,5H2,(H3,8,10,13)/b11-4+. The minimum atomic E-state index is 0.173. The van der Waals surface area contributed by atoms with Crippen molar-refractivity contribution in [3.8, 4) is 0 Å². The lowest BCUT2D eigenvalue weighted by Crippen LogP contribution is -2.30. The van der Waals surface area contributed by atoms with Gasteiger partial charge in [-0.25, -0.2) is 0 Å². The Kier molecular flexibility index (Phi) is 3.77. The molecule has 0 aliphatic carbocycles. The molecular formula is C7H10N4OS. The van der Waals surface area contributed by atoms with Gasteiger partial charge in [-0.3, -0.25) is 0 Å². The Morgan fingerprint density at radius 3 is 3.31 bits per heavy atom.